The van der Waals surface area contributed by atoms with Crippen molar-refractivity contribution in [2.45, 2.75) is 0 Å². The minimum atomic E-state index is 0.601. The molecule has 0 aliphatic carbocycles. The zero-order chi connectivity index (χ0) is 32.6. The Morgan fingerprint density at radius 2 is 1.14 bits per heavy atom. The Kier molecular flexibility index (Phi) is 5.84. The van der Waals surface area contributed by atoms with Crippen molar-refractivity contribution < 1.29 is 0 Å². The smallest absolute Gasteiger partial charge is 0.0991 e. The first-order valence-corrected chi connectivity index (χ1v) is 17.0. The molecule has 3 aromatic heterocycles. The zero-order valence-corrected chi connectivity index (χ0v) is 26.9. The lowest BCUT2D eigenvalue weighted by molar-refractivity contribution is 1.18. The van der Waals surface area contributed by atoms with Crippen molar-refractivity contribution in [3.63, 3.8) is 0 Å². The molecule has 0 saturated heterocycles. The van der Waals surface area contributed by atoms with Gasteiger partial charge in [-0.05, 0) is 84.4 Å². The van der Waals surface area contributed by atoms with E-state index >= 15 is 0 Å². The molecule has 10 rings (SSSR count). The Bertz CT molecular complexity index is 3070. The average molecular weight is 641 g/mol. The summed E-state index contributed by atoms with van der Waals surface area (Å²) >= 11 is 1.83. The fourth-order valence-electron chi connectivity index (χ4n) is 7.66. The highest BCUT2D eigenvalue weighted by atomic mass is 32.1. The molecule has 5 heteroatoms. The third-order valence-electron chi connectivity index (χ3n) is 9.76. The molecule has 49 heavy (non-hydrogen) atoms. The number of para-hydroxylation sites is 2. The molecule has 0 aliphatic heterocycles. The van der Waals surface area contributed by atoms with Gasteiger partial charge in [-0.1, -0.05) is 66.7 Å². The highest BCUT2D eigenvalue weighted by molar-refractivity contribution is 7.26. The molecular formula is C44H24N4S. The van der Waals surface area contributed by atoms with Crippen LogP contribution in [0.15, 0.2) is 146 Å². The van der Waals surface area contributed by atoms with E-state index in [-0.39, 0.29) is 0 Å². The molecule has 3 heterocycles. The summed E-state index contributed by atoms with van der Waals surface area (Å²) in [5.41, 5.74) is 9.72. The maximum atomic E-state index is 10.1. The summed E-state index contributed by atoms with van der Waals surface area (Å²) in [6.07, 6.45) is 0. The summed E-state index contributed by atoms with van der Waals surface area (Å²) in [7, 11) is 0. The minimum Gasteiger partial charge on any atom is -0.309 e. The van der Waals surface area contributed by atoms with Gasteiger partial charge < -0.3 is 9.13 Å². The maximum Gasteiger partial charge on any atom is 0.0991 e. The van der Waals surface area contributed by atoms with Crippen LogP contribution < -0.4 is 0 Å². The molecule has 0 saturated carbocycles. The second kappa shape index (κ2) is 10.4. The van der Waals surface area contributed by atoms with Crippen LogP contribution in [-0.2, 0) is 0 Å². The lowest BCUT2D eigenvalue weighted by Gasteiger charge is -2.15. The predicted molar refractivity (Wildman–Crippen MR) is 203 cm³/mol. The predicted octanol–water partition coefficient (Wildman–Crippen LogP) is 11.7. The van der Waals surface area contributed by atoms with Gasteiger partial charge in [0.15, 0.2) is 0 Å². The second-order valence-corrected chi connectivity index (χ2v) is 13.5. The highest BCUT2D eigenvalue weighted by Crippen LogP contribution is 2.44. The van der Waals surface area contributed by atoms with Crippen molar-refractivity contribution in [2.24, 2.45) is 0 Å². The zero-order valence-electron chi connectivity index (χ0n) is 26.1. The van der Waals surface area contributed by atoms with Crippen LogP contribution in [0.3, 0.4) is 0 Å². The third kappa shape index (κ3) is 3.95. The van der Waals surface area contributed by atoms with Crippen molar-refractivity contribution >= 4 is 75.1 Å². The fraction of sp³-hybridized carbons (Fsp3) is 0. The summed E-state index contributed by atoms with van der Waals surface area (Å²) in [5.74, 6) is 0. The lowest BCUT2D eigenvalue weighted by atomic mass is 9.98. The van der Waals surface area contributed by atoms with Crippen molar-refractivity contribution in [1.82, 2.24) is 9.13 Å². The second-order valence-electron chi connectivity index (χ2n) is 12.4. The number of benzene rings is 7. The van der Waals surface area contributed by atoms with Gasteiger partial charge in [0.2, 0.25) is 0 Å². The molecule has 0 spiro atoms. The Hall–Kier alpha value is -6.66. The number of nitriles is 2. The summed E-state index contributed by atoms with van der Waals surface area (Å²) < 4.78 is 7.22. The van der Waals surface area contributed by atoms with E-state index in [1.165, 1.54) is 31.1 Å². The fourth-order valence-corrected chi connectivity index (χ4v) is 8.77. The van der Waals surface area contributed by atoms with Crippen molar-refractivity contribution in [3.8, 4) is 34.6 Å². The maximum absolute atomic E-state index is 10.1. The van der Waals surface area contributed by atoms with Crippen LogP contribution in [0.5, 0.6) is 0 Å². The first kappa shape index (κ1) is 27.5. The largest absolute Gasteiger partial charge is 0.309 e. The molecule has 0 aliphatic rings. The number of aromatic nitrogens is 2. The standard InChI is InChI=1S/C44H24N4S/c45-25-27-14-18-38(48-37-12-6-4-10-31(37)35-23-28(26-46)15-19-40(35)48)34(22-27)29-16-20-39-36(24-29)32-17-21-42-43(33-11-5-7-13-41(33)49-42)44(32)47(39)30-8-2-1-3-9-30/h1-24H. The average Bonchev–Trinajstić information content (AvgIpc) is 3.82. The molecule has 0 fully saturated rings. The third-order valence-corrected chi connectivity index (χ3v) is 10.9. The van der Waals surface area contributed by atoms with Crippen LogP contribution in [0.25, 0.3) is 86.3 Å². The highest BCUT2D eigenvalue weighted by Gasteiger charge is 2.21. The van der Waals surface area contributed by atoms with E-state index in [1.807, 2.05) is 53.8 Å². The van der Waals surface area contributed by atoms with Crippen LogP contribution >= 0.6 is 11.3 Å². The first-order chi connectivity index (χ1) is 24.2. The Labute approximate surface area is 285 Å². The molecule has 0 amide bonds. The molecule has 226 valence electrons. The van der Waals surface area contributed by atoms with Crippen molar-refractivity contribution in [3.05, 3.63) is 157 Å². The Morgan fingerprint density at radius 1 is 0.469 bits per heavy atom. The number of nitrogens with zero attached hydrogens (tertiary/aromatic N) is 4. The van der Waals surface area contributed by atoms with Crippen molar-refractivity contribution in [2.75, 3.05) is 0 Å². The minimum absolute atomic E-state index is 0.601. The van der Waals surface area contributed by atoms with E-state index in [1.54, 1.807) is 0 Å². The molecule has 0 unspecified atom stereocenters. The van der Waals surface area contributed by atoms with Crippen LogP contribution in [0.4, 0.5) is 0 Å². The van der Waals surface area contributed by atoms with E-state index in [2.05, 4.69) is 124 Å². The van der Waals surface area contributed by atoms with Gasteiger partial charge in [-0.15, -0.1) is 11.3 Å². The monoisotopic (exact) mass is 640 g/mol. The van der Waals surface area contributed by atoms with Crippen LogP contribution in [0, 0.1) is 22.7 Å². The van der Waals surface area contributed by atoms with Crippen LogP contribution in [0.1, 0.15) is 11.1 Å². The van der Waals surface area contributed by atoms with Crippen molar-refractivity contribution in [1.29, 1.82) is 10.5 Å². The number of rotatable bonds is 3. The number of fused-ring (bicyclic) bond motifs is 10. The van der Waals surface area contributed by atoms with Gasteiger partial charge in [0.1, 0.15) is 0 Å². The molecule has 4 nitrogen and oxygen atoms in total. The van der Waals surface area contributed by atoms with Gasteiger partial charge in [-0.2, -0.15) is 10.5 Å². The molecule has 0 bridgehead atoms. The van der Waals surface area contributed by atoms with E-state index in [4.69, 9.17) is 0 Å². The van der Waals surface area contributed by atoms with E-state index in [9.17, 15) is 10.5 Å². The quantitative estimate of drug-likeness (QED) is 0.193. The molecule has 10 aromatic rings. The summed E-state index contributed by atoms with van der Waals surface area (Å²) in [6, 6.07) is 55.3. The summed E-state index contributed by atoms with van der Waals surface area (Å²) in [5, 5.41) is 26.7. The van der Waals surface area contributed by atoms with Gasteiger partial charge in [0, 0.05) is 53.0 Å². The van der Waals surface area contributed by atoms with Gasteiger partial charge in [-0.3, -0.25) is 0 Å². The van der Waals surface area contributed by atoms with Gasteiger partial charge in [0.25, 0.3) is 0 Å². The lowest BCUT2D eigenvalue weighted by Crippen LogP contribution is -1.98. The van der Waals surface area contributed by atoms with Crippen LogP contribution in [0.2, 0.25) is 0 Å². The summed E-state index contributed by atoms with van der Waals surface area (Å²) in [4.78, 5) is 0. The van der Waals surface area contributed by atoms with Gasteiger partial charge in [0.05, 0.1) is 51.0 Å². The topological polar surface area (TPSA) is 57.4 Å². The molecule has 7 aromatic carbocycles. The molecule has 0 N–H and O–H groups in total. The molecular weight excluding hydrogens is 617 g/mol. The number of hydrogen-bond acceptors (Lipinski definition) is 3. The van der Waals surface area contributed by atoms with E-state index < -0.39 is 0 Å². The normalized spacial score (nSPS) is 11.6. The Balaban J connectivity index is 1.30. The SMILES string of the molecule is N#Cc1ccc(-n2c3ccccc3c3cc(C#N)ccc32)c(-c2ccc3c(c2)c2ccc4sc5ccccc5c4c2n3-c2ccccc2)c1. The van der Waals surface area contributed by atoms with Gasteiger partial charge >= 0.3 is 0 Å². The number of hydrogen-bond donors (Lipinski definition) is 0. The van der Waals surface area contributed by atoms with Gasteiger partial charge in [-0.25, -0.2) is 0 Å². The van der Waals surface area contributed by atoms with Crippen LogP contribution in [-0.4, -0.2) is 9.13 Å². The molecule has 0 atom stereocenters. The van der Waals surface area contributed by atoms with E-state index in [0.29, 0.717) is 11.1 Å². The number of thiophene rings is 1. The summed E-state index contributed by atoms with van der Waals surface area (Å²) in [6.45, 7) is 0. The van der Waals surface area contributed by atoms with E-state index in [0.717, 1.165) is 55.2 Å². The Morgan fingerprint density at radius 3 is 2.00 bits per heavy atom. The molecule has 0 radical (unpaired) electrons. The first-order valence-electron chi connectivity index (χ1n) is 16.1.